The summed E-state index contributed by atoms with van der Waals surface area (Å²) in [6.45, 7) is 0. The fourth-order valence-corrected chi connectivity index (χ4v) is 2.33. The molecule has 2 aromatic heterocycles. The van der Waals surface area contributed by atoms with E-state index in [2.05, 4.69) is 20.1 Å². The van der Waals surface area contributed by atoms with Gasteiger partial charge in [-0.2, -0.15) is 4.98 Å². The van der Waals surface area contributed by atoms with Crippen LogP contribution >= 0.6 is 12.4 Å². The third-order valence-corrected chi connectivity index (χ3v) is 3.91. The minimum atomic E-state index is -0.374. The predicted octanol–water partition coefficient (Wildman–Crippen LogP) is 2.10. The first kappa shape index (κ1) is 12.6. The molecule has 19 heavy (non-hydrogen) atoms. The smallest absolute Gasteiger partial charge is 0.276 e. The van der Waals surface area contributed by atoms with E-state index >= 15 is 0 Å². The Hall–Kier alpha value is -1.40. The Morgan fingerprint density at radius 1 is 1.37 bits per heavy atom. The van der Waals surface area contributed by atoms with Gasteiger partial charge in [0.1, 0.15) is 11.5 Å². The van der Waals surface area contributed by atoms with Gasteiger partial charge in [-0.25, -0.2) is 4.98 Å². The molecule has 2 aliphatic rings. The lowest BCUT2D eigenvalue weighted by Gasteiger charge is -2.34. The Bertz CT molecular complexity index is 584. The highest BCUT2D eigenvalue weighted by atomic mass is 35.5. The van der Waals surface area contributed by atoms with Crippen molar-refractivity contribution < 1.29 is 4.52 Å². The van der Waals surface area contributed by atoms with Crippen LogP contribution in [0.4, 0.5) is 0 Å². The molecule has 2 aromatic rings. The molecule has 7 heteroatoms. The summed E-state index contributed by atoms with van der Waals surface area (Å²) in [7, 11) is 0. The Morgan fingerprint density at radius 2 is 2.16 bits per heavy atom. The van der Waals surface area contributed by atoms with Gasteiger partial charge in [0.2, 0.25) is 0 Å². The van der Waals surface area contributed by atoms with Gasteiger partial charge in [-0.1, -0.05) is 5.16 Å². The molecule has 102 valence electrons. The number of aromatic amines is 1. The Labute approximate surface area is 116 Å². The second-order valence-electron chi connectivity index (χ2n) is 5.39. The summed E-state index contributed by atoms with van der Waals surface area (Å²) in [6.07, 6.45) is 7.19. The fourth-order valence-electron chi connectivity index (χ4n) is 2.33. The van der Waals surface area contributed by atoms with Crippen LogP contribution in [0.5, 0.6) is 0 Å². The minimum absolute atomic E-state index is 0. The largest absolute Gasteiger partial charge is 0.338 e. The van der Waals surface area contributed by atoms with Gasteiger partial charge in [-0.05, 0) is 32.1 Å². The minimum Gasteiger partial charge on any atom is -0.338 e. The lowest BCUT2D eigenvalue weighted by Crippen LogP contribution is -2.44. The second kappa shape index (κ2) is 4.31. The topological polar surface area (TPSA) is 93.6 Å². The van der Waals surface area contributed by atoms with Crippen LogP contribution in [0.1, 0.15) is 49.7 Å². The first-order valence-electron chi connectivity index (χ1n) is 6.43. The van der Waals surface area contributed by atoms with Gasteiger partial charge in [0.05, 0.1) is 11.7 Å². The van der Waals surface area contributed by atoms with Gasteiger partial charge in [0, 0.05) is 5.92 Å². The zero-order chi connectivity index (χ0) is 12.2. The number of hydrogen-bond acceptors (Lipinski definition) is 5. The van der Waals surface area contributed by atoms with Crippen LogP contribution in [0, 0.1) is 0 Å². The van der Waals surface area contributed by atoms with Crippen LogP contribution in [0.15, 0.2) is 10.7 Å². The van der Waals surface area contributed by atoms with Gasteiger partial charge in [0.15, 0.2) is 5.82 Å². The van der Waals surface area contributed by atoms with E-state index in [1.54, 1.807) is 6.20 Å². The molecular formula is C12H16ClN5O. The van der Waals surface area contributed by atoms with Gasteiger partial charge < -0.3 is 15.2 Å². The first-order valence-corrected chi connectivity index (χ1v) is 6.43. The highest BCUT2D eigenvalue weighted by molar-refractivity contribution is 5.85. The van der Waals surface area contributed by atoms with Crippen molar-refractivity contribution in [2.75, 3.05) is 0 Å². The number of hydrogen-bond donors (Lipinski definition) is 2. The van der Waals surface area contributed by atoms with E-state index in [1.165, 1.54) is 12.8 Å². The number of rotatable bonds is 3. The molecule has 0 saturated heterocycles. The maximum Gasteiger partial charge on any atom is 0.276 e. The number of nitrogens with two attached hydrogens (primary N) is 1. The average molecular weight is 282 g/mol. The predicted molar refractivity (Wildman–Crippen MR) is 70.8 cm³/mol. The molecule has 0 spiro atoms. The van der Waals surface area contributed by atoms with Gasteiger partial charge >= 0.3 is 0 Å². The van der Waals surface area contributed by atoms with Crippen LogP contribution in [-0.4, -0.2) is 20.1 Å². The van der Waals surface area contributed by atoms with Crippen molar-refractivity contribution in [1.29, 1.82) is 0 Å². The molecule has 0 radical (unpaired) electrons. The first-order chi connectivity index (χ1) is 8.74. The van der Waals surface area contributed by atoms with Crippen LogP contribution in [0.3, 0.4) is 0 Å². The molecule has 3 N–H and O–H groups in total. The van der Waals surface area contributed by atoms with Crippen molar-refractivity contribution in [3.05, 3.63) is 17.8 Å². The maximum atomic E-state index is 6.17. The summed E-state index contributed by atoms with van der Waals surface area (Å²) in [5, 5.41) is 4.00. The zero-order valence-electron chi connectivity index (χ0n) is 10.4. The molecule has 0 atom stereocenters. The van der Waals surface area contributed by atoms with E-state index in [9.17, 15) is 0 Å². The molecule has 4 rings (SSSR count). The van der Waals surface area contributed by atoms with Crippen molar-refractivity contribution in [2.24, 2.45) is 5.73 Å². The maximum absolute atomic E-state index is 6.17. The number of imidazole rings is 1. The van der Waals surface area contributed by atoms with Crippen LogP contribution < -0.4 is 5.73 Å². The van der Waals surface area contributed by atoms with E-state index in [1.807, 2.05) is 0 Å². The number of H-pyrrole nitrogens is 1. The molecule has 2 aliphatic carbocycles. The summed E-state index contributed by atoms with van der Waals surface area (Å²) in [6, 6.07) is 0. The Kier molecular flexibility index (Phi) is 2.87. The van der Waals surface area contributed by atoms with Gasteiger partial charge in [-0.3, -0.25) is 0 Å². The monoisotopic (exact) mass is 281 g/mol. The standard InChI is InChI=1S/C12H15N5O.ClH/c13-12(4-1-5-12)11-16-10(18-17-11)8-6-14-9(15-8)7-2-3-7;/h6-7H,1-5,13H2,(H,14,15);1H. The molecule has 6 nitrogen and oxygen atoms in total. The third kappa shape index (κ3) is 2.04. The van der Waals surface area contributed by atoms with Crippen molar-refractivity contribution in [3.63, 3.8) is 0 Å². The van der Waals surface area contributed by atoms with Crippen molar-refractivity contribution in [3.8, 4) is 11.6 Å². The van der Waals surface area contributed by atoms with Crippen molar-refractivity contribution in [1.82, 2.24) is 20.1 Å². The molecule has 0 unspecified atom stereocenters. The molecule has 0 aliphatic heterocycles. The van der Waals surface area contributed by atoms with Crippen molar-refractivity contribution in [2.45, 2.75) is 43.6 Å². The van der Waals surface area contributed by atoms with Crippen molar-refractivity contribution >= 4 is 12.4 Å². The number of nitrogens with zero attached hydrogens (tertiary/aromatic N) is 3. The van der Waals surface area contributed by atoms with Crippen LogP contribution in [-0.2, 0) is 5.54 Å². The quantitative estimate of drug-likeness (QED) is 0.898. The Morgan fingerprint density at radius 3 is 2.79 bits per heavy atom. The molecule has 2 fully saturated rings. The van der Waals surface area contributed by atoms with E-state index in [0.29, 0.717) is 17.6 Å². The SMILES string of the molecule is Cl.NC1(c2noc(-c3cnc(C4CC4)[nH]3)n2)CCC1. The highest BCUT2D eigenvalue weighted by Gasteiger charge is 2.39. The highest BCUT2D eigenvalue weighted by Crippen LogP contribution is 2.39. The van der Waals surface area contributed by atoms with Gasteiger partial charge in [0.25, 0.3) is 5.89 Å². The summed E-state index contributed by atoms with van der Waals surface area (Å²) in [4.78, 5) is 12.0. The van der Waals surface area contributed by atoms with Gasteiger partial charge in [-0.15, -0.1) is 12.4 Å². The average Bonchev–Trinajstić information content (AvgIpc) is 2.90. The Balaban J connectivity index is 0.00000110. The number of halogens is 1. The number of aromatic nitrogens is 4. The molecule has 0 amide bonds. The van der Waals surface area contributed by atoms with Crippen LogP contribution in [0.25, 0.3) is 11.6 Å². The fraction of sp³-hybridized carbons (Fsp3) is 0.583. The van der Waals surface area contributed by atoms with E-state index in [4.69, 9.17) is 10.3 Å². The molecule has 0 bridgehead atoms. The molecular weight excluding hydrogens is 266 g/mol. The van der Waals surface area contributed by atoms with E-state index in [-0.39, 0.29) is 17.9 Å². The number of nitrogens with one attached hydrogen (secondary N) is 1. The lowest BCUT2D eigenvalue weighted by molar-refractivity contribution is 0.229. The lowest BCUT2D eigenvalue weighted by atomic mass is 9.77. The zero-order valence-corrected chi connectivity index (χ0v) is 11.2. The van der Waals surface area contributed by atoms with E-state index < -0.39 is 0 Å². The van der Waals surface area contributed by atoms with Crippen LogP contribution in [0.2, 0.25) is 0 Å². The normalized spacial score (nSPS) is 20.7. The molecule has 2 saturated carbocycles. The summed E-state index contributed by atoms with van der Waals surface area (Å²) in [5.41, 5.74) is 6.58. The van der Waals surface area contributed by atoms with E-state index in [0.717, 1.165) is 30.8 Å². The third-order valence-electron chi connectivity index (χ3n) is 3.91. The summed E-state index contributed by atoms with van der Waals surface area (Å²) in [5.74, 6) is 2.72. The molecule has 0 aromatic carbocycles. The second-order valence-corrected chi connectivity index (χ2v) is 5.39. The summed E-state index contributed by atoms with van der Waals surface area (Å²) >= 11 is 0. The molecule has 2 heterocycles. The summed E-state index contributed by atoms with van der Waals surface area (Å²) < 4.78 is 5.27.